The van der Waals surface area contributed by atoms with Gasteiger partial charge in [0.1, 0.15) is 9.21 Å². The normalized spacial score (nSPS) is 10.1. The molecule has 1 aromatic rings. The molecule has 0 aliphatic heterocycles. The third-order valence-corrected chi connectivity index (χ3v) is 2.43. The summed E-state index contributed by atoms with van der Waals surface area (Å²) in [5.41, 5.74) is 6.56. The van der Waals surface area contributed by atoms with E-state index in [4.69, 9.17) is 5.73 Å². The second-order valence-corrected chi connectivity index (χ2v) is 3.69. The van der Waals surface area contributed by atoms with Crippen molar-refractivity contribution in [2.75, 3.05) is 6.54 Å². The van der Waals surface area contributed by atoms with E-state index >= 15 is 0 Å². The molecule has 0 saturated carbocycles. The standard InChI is InChI=1S/C7H8Br2N2/c8-6-2-1-5(3-4-10)7(9)11-6/h1-2H,3-4,10H2. The van der Waals surface area contributed by atoms with Crippen molar-refractivity contribution in [2.24, 2.45) is 5.73 Å². The zero-order valence-corrected chi connectivity index (χ0v) is 9.02. The Morgan fingerprint density at radius 1 is 1.36 bits per heavy atom. The number of aromatic nitrogens is 1. The Hall–Kier alpha value is 0.0700. The smallest absolute Gasteiger partial charge is 0.110 e. The fraction of sp³-hybridized carbons (Fsp3) is 0.286. The van der Waals surface area contributed by atoms with Crippen LogP contribution in [0.1, 0.15) is 5.56 Å². The maximum atomic E-state index is 5.41. The van der Waals surface area contributed by atoms with Crippen LogP contribution in [0.3, 0.4) is 0 Å². The Labute approximate surface area is 82.5 Å². The summed E-state index contributed by atoms with van der Waals surface area (Å²) in [5, 5.41) is 0. The lowest BCUT2D eigenvalue weighted by atomic mass is 10.2. The van der Waals surface area contributed by atoms with E-state index in [1.807, 2.05) is 12.1 Å². The summed E-state index contributed by atoms with van der Waals surface area (Å²) in [5.74, 6) is 0. The number of hydrogen-bond donors (Lipinski definition) is 1. The summed E-state index contributed by atoms with van der Waals surface area (Å²) >= 11 is 6.63. The first kappa shape index (κ1) is 9.16. The van der Waals surface area contributed by atoms with Crippen molar-refractivity contribution in [1.29, 1.82) is 0 Å². The monoisotopic (exact) mass is 278 g/mol. The molecule has 1 heterocycles. The van der Waals surface area contributed by atoms with Crippen molar-refractivity contribution in [2.45, 2.75) is 6.42 Å². The Bertz CT molecular complexity index is 250. The van der Waals surface area contributed by atoms with Crippen molar-refractivity contribution in [3.63, 3.8) is 0 Å². The van der Waals surface area contributed by atoms with Gasteiger partial charge in [0.15, 0.2) is 0 Å². The molecule has 0 aliphatic carbocycles. The zero-order valence-electron chi connectivity index (χ0n) is 5.85. The Morgan fingerprint density at radius 3 is 2.64 bits per heavy atom. The molecule has 11 heavy (non-hydrogen) atoms. The summed E-state index contributed by atoms with van der Waals surface area (Å²) in [7, 11) is 0. The highest BCUT2D eigenvalue weighted by atomic mass is 79.9. The van der Waals surface area contributed by atoms with Crippen LogP contribution in [0, 0.1) is 0 Å². The Kier molecular flexibility index (Phi) is 3.48. The second kappa shape index (κ2) is 4.18. The molecule has 0 saturated heterocycles. The van der Waals surface area contributed by atoms with Gasteiger partial charge in [0.25, 0.3) is 0 Å². The van der Waals surface area contributed by atoms with Crippen LogP contribution in [0.2, 0.25) is 0 Å². The average molecular weight is 280 g/mol. The summed E-state index contributed by atoms with van der Waals surface area (Å²) in [6.07, 6.45) is 0.862. The Morgan fingerprint density at radius 2 is 2.09 bits per heavy atom. The minimum Gasteiger partial charge on any atom is -0.330 e. The maximum absolute atomic E-state index is 5.41. The Balaban J connectivity index is 2.90. The van der Waals surface area contributed by atoms with Gasteiger partial charge >= 0.3 is 0 Å². The van der Waals surface area contributed by atoms with Gasteiger partial charge in [-0.05, 0) is 56.5 Å². The van der Waals surface area contributed by atoms with Crippen LogP contribution in [0.15, 0.2) is 21.3 Å². The molecule has 2 N–H and O–H groups in total. The van der Waals surface area contributed by atoms with Gasteiger partial charge in [-0.1, -0.05) is 6.07 Å². The van der Waals surface area contributed by atoms with E-state index in [-0.39, 0.29) is 0 Å². The minimum absolute atomic E-state index is 0.655. The second-order valence-electron chi connectivity index (χ2n) is 2.12. The predicted molar refractivity (Wildman–Crippen MR) is 52.4 cm³/mol. The molecule has 0 unspecified atom stereocenters. The number of rotatable bonds is 2. The van der Waals surface area contributed by atoms with Gasteiger partial charge in [-0.3, -0.25) is 0 Å². The first-order valence-corrected chi connectivity index (χ1v) is 4.83. The molecule has 4 heteroatoms. The van der Waals surface area contributed by atoms with Crippen LogP contribution in [-0.2, 0) is 6.42 Å². The third-order valence-electron chi connectivity index (χ3n) is 1.31. The molecule has 0 aliphatic rings. The SMILES string of the molecule is NCCc1ccc(Br)nc1Br. The molecule has 0 atom stereocenters. The van der Waals surface area contributed by atoms with Gasteiger partial charge in [-0.25, -0.2) is 4.98 Å². The zero-order chi connectivity index (χ0) is 8.27. The van der Waals surface area contributed by atoms with E-state index in [0.29, 0.717) is 6.54 Å². The van der Waals surface area contributed by atoms with E-state index < -0.39 is 0 Å². The van der Waals surface area contributed by atoms with Crippen LogP contribution < -0.4 is 5.73 Å². The number of hydrogen-bond acceptors (Lipinski definition) is 2. The van der Waals surface area contributed by atoms with E-state index in [9.17, 15) is 0 Å². The predicted octanol–water partition coefficient (Wildman–Crippen LogP) is 2.11. The molecule has 0 spiro atoms. The molecule has 60 valence electrons. The van der Waals surface area contributed by atoms with Crippen LogP contribution in [0.5, 0.6) is 0 Å². The van der Waals surface area contributed by atoms with Crippen LogP contribution in [-0.4, -0.2) is 11.5 Å². The van der Waals surface area contributed by atoms with Crippen LogP contribution in [0.4, 0.5) is 0 Å². The van der Waals surface area contributed by atoms with E-state index in [1.165, 1.54) is 0 Å². The lowest BCUT2D eigenvalue weighted by molar-refractivity contribution is 0.946. The van der Waals surface area contributed by atoms with Gasteiger partial charge in [0.2, 0.25) is 0 Å². The van der Waals surface area contributed by atoms with Crippen molar-refractivity contribution in [3.05, 3.63) is 26.9 Å². The van der Waals surface area contributed by atoms with E-state index in [2.05, 4.69) is 36.8 Å². The largest absolute Gasteiger partial charge is 0.330 e. The van der Waals surface area contributed by atoms with Gasteiger partial charge in [0, 0.05) is 0 Å². The fourth-order valence-corrected chi connectivity index (χ4v) is 1.85. The molecule has 2 nitrogen and oxygen atoms in total. The quantitative estimate of drug-likeness (QED) is 0.843. The highest BCUT2D eigenvalue weighted by Gasteiger charge is 1.99. The first-order chi connectivity index (χ1) is 5.24. The van der Waals surface area contributed by atoms with E-state index in [1.54, 1.807) is 0 Å². The molecule has 0 aromatic carbocycles. The summed E-state index contributed by atoms with van der Waals surface area (Å²) in [6.45, 7) is 0.655. The molecule has 0 amide bonds. The van der Waals surface area contributed by atoms with Crippen LogP contribution >= 0.6 is 31.9 Å². The molecular weight excluding hydrogens is 272 g/mol. The average Bonchev–Trinajstić information content (AvgIpc) is 1.95. The van der Waals surface area contributed by atoms with Crippen molar-refractivity contribution in [3.8, 4) is 0 Å². The highest BCUT2D eigenvalue weighted by Crippen LogP contribution is 2.17. The van der Waals surface area contributed by atoms with Gasteiger partial charge < -0.3 is 5.73 Å². The lowest BCUT2D eigenvalue weighted by Gasteiger charge is -2.00. The number of nitrogens with two attached hydrogens (primary N) is 1. The van der Waals surface area contributed by atoms with Crippen molar-refractivity contribution < 1.29 is 0 Å². The molecule has 1 rings (SSSR count). The minimum atomic E-state index is 0.655. The number of pyridine rings is 1. The van der Waals surface area contributed by atoms with Gasteiger partial charge in [-0.2, -0.15) is 0 Å². The summed E-state index contributed by atoms with van der Waals surface area (Å²) in [6, 6.07) is 3.92. The first-order valence-electron chi connectivity index (χ1n) is 3.25. The van der Waals surface area contributed by atoms with Gasteiger partial charge in [0.05, 0.1) is 0 Å². The summed E-state index contributed by atoms with van der Waals surface area (Å²) in [4.78, 5) is 4.17. The number of halogens is 2. The molecule has 0 radical (unpaired) electrons. The third kappa shape index (κ3) is 2.54. The molecular formula is C7H8Br2N2. The van der Waals surface area contributed by atoms with E-state index in [0.717, 1.165) is 21.2 Å². The van der Waals surface area contributed by atoms with Gasteiger partial charge in [-0.15, -0.1) is 0 Å². The fourth-order valence-electron chi connectivity index (χ4n) is 0.783. The maximum Gasteiger partial charge on any atom is 0.110 e. The van der Waals surface area contributed by atoms with Crippen LogP contribution in [0.25, 0.3) is 0 Å². The molecule has 0 fully saturated rings. The number of nitrogens with zero attached hydrogens (tertiary/aromatic N) is 1. The van der Waals surface area contributed by atoms with Crippen molar-refractivity contribution >= 4 is 31.9 Å². The molecule has 0 bridgehead atoms. The lowest BCUT2D eigenvalue weighted by Crippen LogP contribution is -2.03. The highest BCUT2D eigenvalue weighted by molar-refractivity contribution is 9.11. The van der Waals surface area contributed by atoms with Crippen molar-refractivity contribution in [1.82, 2.24) is 4.98 Å². The topological polar surface area (TPSA) is 38.9 Å². The summed E-state index contributed by atoms with van der Waals surface area (Å²) < 4.78 is 1.71. The molecule has 1 aromatic heterocycles.